The summed E-state index contributed by atoms with van der Waals surface area (Å²) in [7, 11) is 0. The highest BCUT2D eigenvalue weighted by Gasteiger charge is 2.45. The summed E-state index contributed by atoms with van der Waals surface area (Å²) in [5.41, 5.74) is -1.36. The van der Waals surface area contributed by atoms with E-state index in [1.165, 1.54) is 35.9 Å². The average Bonchev–Trinajstić information content (AvgIpc) is 3.08. The number of alkyl halides is 2. The number of hydrogen-bond acceptors (Lipinski definition) is 4. The molecule has 2 aromatic heterocycles. The highest BCUT2D eigenvalue weighted by atomic mass is 35.5. The highest BCUT2D eigenvalue weighted by Crippen LogP contribution is 2.32. The lowest BCUT2D eigenvalue weighted by Crippen LogP contribution is -2.62. The van der Waals surface area contributed by atoms with Crippen molar-refractivity contribution < 1.29 is 18.0 Å². The Labute approximate surface area is 166 Å². The van der Waals surface area contributed by atoms with Crippen molar-refractivity contribution in [1.29, 1.82) is 0 Å². The van der Waals surface area contributed by atoms with Gasteiger partial charge in [-0.1, -0.05) is 17.7 Å². The minimum atomic E-state index is -1.99. The van der Waals surface area contributed by atoms with Gasteiger partial charge in [0.05, 0.1) is 29.8 Å². The Morgan fingerprint density at radius 2 is 2.11 bits per heavy atom. The lowest BCUT2D eigenvalue weighted by Gasteiger charge is -2.42. The maximum absolute atomic E-state index is 13.6. The molecule has 28 heavy (non-hydrogen) atoms. The van der Waals surface area contributed by atoms with Crippen molar-refractivity contribution in [1.82, 2.24) is 14.5 Å². The fourth-order valence-corrected chi connectivity index (χ4v) is 4.19. The number of aromatic nitrogens is 2. The van der Waals surface area contributed by atoms with Gasteiger partial charge < -0.3 is 4.90 Å². The van der Waals surface area contributed by atoms with Crippen LogP contribution < -0.4 is 5.56 Å². The van der Waals surface area contributed by atoms with Crippen LogP contribution in [-0.2, 0) is 11.3 Å². The molecule has 0 N–H and O–H groups in total. The Kier molecular flexibility index (Phi) is 4.67. The van der Waals surface area contributed by atoms with Crippen molar-refractivity contribution in [2.45, 2.75) is 12.2 Å². The summed E-state index contributed by atoms with van der Waals surface area (Å²) in [6.45, 7) is -2.14. The van der Waals surface area contributed by atoms with Gasteiger partial charge in [0.15, 0.2) is 5.67 Å². The predicted molar refractivity (Wildman–Crippen MR) is 101 cm³/mol. The van der Waals surface area contributed by atoms with Crippen molar-refractivity contribution in [3.63, 3.8) is 0 Å². The molecular weight excluding hydrogens is 415 g/mol. The molecule has 3 aromatic rings. The molecule has 146 valence electrons. The van der Waals surface area contributed by atoms with Crippen molar-refractivity contribution in [2.75, 3.05) is 19.8 Å². The molecule has 3 heterocycles. The van der Waals surface area contributed by atoms with Gasteiger partial charge in [-0.25, -0.2) is 18.2 Å². The Balaban J connectivity index is 1.66. The van der Waals surface area contributed by atoms with E-state index in [1.807, 2.05) is 0 Å². The van der Waals surface area contributed by atoms with E-state index < -0.39 is 29.6 Å². The van der Waals surface area contributed by atoms with Crippen LogP contribution in [0.2, 0.25) is 5.02 Å². The number of carbonyl (C=O) groups is 1. The molecule has 0 radical (unpaired) electrons. The van der Waals surface area contributed by atoms with Gasteiger partial charge in [-0.3, -0.25) is 14.2 Å². The molecule has 0 atom stereocenters. The van der Waals surface area contributed by atoms with Crippen LogP contribution in [0.4, 0.5) is 13.2 Å². The molecule has 0 unspecified atom stereocenters. The summed E-state index contributed by atoms with van der Waals surface area (Å²) in [4.78, 5) is 31.0. The molecule has 1 amide bonds. The Morgan fingerprint density at radius 1 is 1.36 bits per heavy atom. The molecule has 5 nitrogen and oxygen atoms in total. The molecule has 0 spiro atoms. The van der Waals surface area contributed by atoms with Gasteiger partial charge in [0, 0.05) is 10.9 Å². The van der Waals surface area contributed by atoms with Crippen molar-refractivity contribution in [3.05, 3.63) is 51.1 Å². The number of amides is 1. The number of halogens is 4. The molecule has 0 aliphatic carbocycles. The van der Waals surface area contributed by atoms with Crippen molar-refractivity contribution >= 4 is 39.1 Å². The fourth-order valence-electron chi connectivity index (χ4n) is 3.10. The molecule has 1 saturated heterocycles. The van der Waals surface area contributed by atoms with E-state index >= 15 is 0 Å². The first-order valence-electron chi connectivity index (χ1n) is 8.26. The first kappa shape index (κ1) is 18.9. The zero-order valence-corrected chi connectivity index (χ0v) is 15.9. The second-order valence-corrected chi connectivity index (χ2v) is 7.94. The van der Waals surface area contributed by atoms with E-state index in [0.29, 0.717) is 16.0 Å². The highest BCUT2D eigenvalue weighted by molar-refractivity contribution is 7.17. The van der Waals surface area contributed by atoms with Gasteiger partial charge in [-0.2, -0.15) is 0 Å². The summed E-state index contributed by atoms with van der Waals surface area (Å²) >= 11 is 7.07. The molecule has 10 heteroatoms. The van der Waals surface area contributed by atoms with E-state index in [-0.39, 0.29) is 30.0 Å². The van der Waals surface area contributed by atoms with Crippen LogP contribution in [0.1, 0.15) is 0 Å². The molecule has 4 rings (SSSR count). The number of carbonyl (C=O) groups excluding carboxylic acids is 1. The fraction of sp³-hybridized carbons (Fsp3) is 0.278. The number of hydrogen-bond donors (Lipinski definition) is 0. The van der Waals surface area contributed by atoms with Gasteiger partial charge in [0.1, 0.15) is 23.9 Å². The second kappa shape index (κ2) is 6.89. The van der Waals surface area contributed by atoms with Crippen LogP contribution in [0.3, 0.4) is 0 Å². The van der Waals surface area contributed by atoms with Gasteiger partial charge in [0.2, 0.25) is 5.91 Å². The largest absolute Gasteiger partial charge is 0.334 e. The standard InChI is InChI=1S/C18H13ClF3N3O2S/c19-12-3-10(1-2-13(12)21)11-5-28-16-15(11)17(27)24(9-23-16)4-14(26)25-7-18(22,6-20)8-25/h1-3,5,9H,4,6-8H2. The summed E-state index contributed by atoms with van der Waals surface area (Å²) in [6.07, 6.45) is 1.25. The third kappa shape index (κ3) is 3.18. The number of thiophene rings is 1. The molecule has 1 aromatic carbocycles. The monoisotopic (exact) mass is 427 g/mol. The topological polar surface area (TPSA) is 55.2 Å². The van der Waals surface area contributed by atoms with E-state index in [2.05, 4.69) is 4.98 Å². The molecule has 1 aliphatic rings. The summed E-state index contributed by atoms with van der Waals surface area (Å²) < 4.78 is 40.7. The number of fused-ring (bicyclic) bond motifs is 1. The lowest BCUT2D eigenvalue weighted by atomic mass is 9.98. The summed E-state index contributed by atoms with van der Waals surface area (Å²) in [5, 5.41) is 1.93. The summed E-state index contributed by atoms with van der Waals surface area (Å²) in [5.74, 6) is -1.07. The third-order valence-electron chi connectivity index (χ3n) is 4.64. The lowest BCUT2D eigenvalue weighted by molar-refractivity contribution is -0.147. The molecule has 0 saturated carbocycles. The molecule has 0 bridgehead atoms. The normalized spacial score (nSPS) is 15.6. The number of likely N-dealkylation sites (tertiary alicyclic amines) is 1. The maximum Gasteiger partial charge on any atom is 0.263 e. The molecule has 1 fully saturated rings. The van der Waals surface area contributed by atoms with Crippen LogP contribution in [-0.4, -0.2) is 45.8 Å². The Bertz CT molecular complexity index is 1140. The van der Waals surface area contributed by atoms with Gasteiger partial charge in [0.25, 0.3) is 5.56 Å². The smallest absolute Gasteiger partial charge is 0.263 e. The second-order valence-electron chi connectivity index (χ2n) is 6.67. The number of rotatable bonds is 4. The van der Waals surface area contributed by atoms with Crippen LogP contribution >= 0.6 is 22.9 Å². The Hall–Kier alpha value is -2.39. The van der Waals surface area contributed by atoms with Crippen LogP contribution in [0, 0.1) is 5.82 Å². The average molecular weight is 428 g/mol. The van der Waals surface area contributed by atoms with Crippen molar-refractivity contribution in [2.24, 2.45) is 0 Å². The SMILES string of the molecule is O=C(Cn1cnc2scc(-c3ccc(F)c(Cl)c3)c2c1=O)N1CC(F)(CF)C1. The molecule has 1 aliphatic heterocycles. The van der Waals surface area contributed by atoms with Crippen LogP contribution in [0.15, 0.2) is 34.7 Å². The van der Waals surface area contributed by atoms with E-state index in [0.717, 1.165) is 9.47 Å². The zero-order valence-electron chi connectivity index (χ0n) is 14.3. The van der Waals surface area contributed by atoms with Crippen molar-refractivity contribution in [3.8, 4) is 11.1 Å². The third-order valence-corrected chi connectivity index (χ3v) is 5.81. The quantitative estimate of drug-likeness (QED) is 0.641. The molecular formula is C18H13ClF3N3O2S. The minimum absolute atomic E-state index is 0.0726. The zero-order chi connectivity index (χ0) is 20.1. The Morgan fingerprint density at radius 3 is 2.79 bits per heavy atom. The minimum Gasteiger partial charge on any atom is -0.334 e. The number of benzene rings is 1. The first-order chi connectivity index (χ1) is 13.3. The van der Waals surface area contributed by atoms with Crippen LogP contribution in [0.25, 0.3) is 21.3 Å². The van der Waals surface area contributed by atoms with E-state index in [1.54, 1.807) is 5.38 Å². The van der Waals surface area contributed by atoms with Gasteiger partial charge in [-0.15, -0.1) is 11.3 Å². The van der Waals surface area contributed by atoms with Gasteiger partial charge >= 0.3 is 0 Å². The van der Waals surface area contributed by atoms with E-state index in [4.69, 9.17) is 11.6 Å². The first-order valence-corrected chi connectivity index (χ1v) is 9.52. The van der Waals surface area contributed by atoms with Crippen LogP contribution in [0.5, 0.6) is 0 Å². The number of nitrogens with zero attached hydrogens (tertiary/aromatic N) is 3. The maximum atomic E-state index is 13.6. The van der Waals surface area contributed by atoms with Gasteiger partial charge in [-0.05, 0) is 17.7 Å². The van der Waals surface area contributed by atoms with E-state index in [9.17, 15) is 22.8 Å². The predicted octanol–water partition coefficient (Wildman–Crippen LogP) is 3.44. The summed E-state index contributed by atoms with van der Waals surface area (Å²) in [6, 6.07) is 4.12.